The van der Waals surface area contributed by atoms with Crippen LogP contribution in [0.4, 0.5) is 11.5 Å². The van der Waals surface area contributed by atoms with Crippen molar-refractivity contribution in [3.05, 3.63) is 45.7 Å². The smallest absolute Gasteiger partial charge is 0.274 e. The number of anilines is 2. The van der Waals surface area contributed by atoms with Gasteiger partial charge in [-0.3, -0.25) is 4.79 Å². The number of rotatable bonds is 3. The fraction of sp³-hybridized carbons (Fsp3) is 0.294. The number of hydrogen-bond acceptors (Lipinski definition) is 5. The van der Waals surface area contributed by atoms with Gasteiger partial charge in [-0.15, -0.1) is 16.4 Å². The third-order valence-corrected chi connectivity index (χ3v) is 5.60. The summed E-state index contributed by atoms with van der Waals surface area (Å²) in [6.45, 7) is 3.88. The Bertz CT molecular complexity index is 913. The van der Waals surface area contributed by atoms with Crippen LogP contribution in [0.25, 0.3) is 5.52 Å². The lowest BCUT2D eigenvalue weighted by molar-refractivity contribution is 0.102. The Balaban J connectivity index is 1.62. The highest BCUT2D eigenvalue weighted by Gasteiger charge is 2.18. The normalized spacial score (nSPS) is 15.7. The number of carbonyl (C=O) groups excluding carboxylic acids is 1. The monoisotopic (exact) mass is 375 g/mol. The Morgan fingerprint density at radius 3 is 2.64 bits per heavy atom. The Labute approximate surface area is 154 Å². The van der Waals surface area contributed by atoms with E-state index < -0.39 is 0 Å². The quantitative estimate of drug-likeness (QED) is 0.764. The standard InChI is InChI=1S/C17H18ClN5OS/c1-21-6-8-22(9-7-21)16-5-3-12-2-4-15(23(12)20-16)17(24)19-14-11-25-10-13(14)18/h2-5,10-11H,6-9H2,1H3,(H,19,24). The van der Waals surface area contributed by atoms with E-state index in [-0.39, 0.29) is 5.91 Å². The molecular weight excluding hydrogens is 358 g/mol. The second kappa shape index (κ2) is 6.67. The van der Waals surface area contributed by atoms with Crippen molar-refractivity contribution in [2.45, 2.75) is 0 Å². The van der Waals surface area contributed by atoms with Crippen molar-refractivity contribution in [1.82, 2.24) is 14.5 Å². The highest BCUT2D eigenvalue weighted by molar-refractivity contribution is 7.09. The molecule has 1 fully saturated rings. The molecule has 1 N–H and O–H groups in total. The second-order valence-electron chi connectivity index (χ2n) is 6.12. The molecule has 0 spiro atoms. The lowest BCUT2D eigenvalue weighted by atomic mass is 10.3. The first-order valence-electron chi connectivity index (χ1n) is 8.07. The number of hydrogen-bond donors (Lipinski definition) is 1. The molecule has 3 aromatic rings. The van der Waals surface area contributed by atoms with E-state index >= 15 is 0 Å². The molecule has 4 rings (SSSR count). The number of aromatic nitrogens is 2. The number of thiophene rings is 1. The minimum atomic E-state index is -0.219. The maximum atomic E-state index is 12.6. The van der Waals surface area contributed by atoms with Crippen LogP contribution in [0, 0.1) is 0 Å². The number of halogens is 1. The molecule has 25 heavy (non-hydrogen) atoms. The predicted octanol–water partition coefficient (Wildman–Crippen LogP) is 3.05. The predicted molar refractivity (Wildman–Crippen MR) is 102 cm³/mol. The van der Waals surface area contributed by atoms with Crippen LogP contribution in [0.15, 0.2) is 35.0 Å². The van der Waals surface area contributed by atoms with Crippen LogP contribution in [-0.2, 0) is 0 Å². The largest absolute Gasteiger partial charge is 0.353 e. The van der Waals surface area contributed by atoms with E-state index in [1.54, 1.807) is 16.0 Å². The molecule has 0 aromatic carbocycles. The van der Waals surface area contributed by atoms with Crippen molar-refractivity contribution in [3.63, 3.8) is 0 Å². The number of piperazine rings is 1. The third-order valence-electron chi connectivity index (χ3n) is 4.41. The summed E-state index contributed by atoms with van der Waals surface area (Å²) in [6, 6.07) is 7.68. The molecule has 1 saturated heterocycles. The molecule has 0 atom stereocenters. The number of nitrogens with zero attached hydrogens (tertiary/aromatic N) is 4. The van der Waals surface area contributed by atoms with Gasteiger partial charge in [-0.05, 0) is 31.3 Å². The van der Waals surface area contributed by atoms with Crippen LogP contribution in [-0.4, -0.2) is 53.6 Å². The SMILES string of the molecule is CN1CCN(c2ccc3ccc(C(=O)Nc4cscc4Cl)n3n2)CC1. The molecule has 3 aromatic heterocycles. The fourth-order valence-corrected chi connectivity index (χ4v) is 3.87. The lowest BCUT2D eigenvalue weighted by Gasteiger charge is -2.33. The molecule has 0 bridgehead atoms. The lowest BCUT2D eigenvalue weighted by Crippen LogP contribution is -2.45. The number of nitrogens with one attached hydrogen (secondary N) is 1. The molecule has 1 aliphatic rings. The number of carbonyl (C=O) groups is 1. The van der Waals surface area contributed by atoms with Gasteiger partial charge >= 0.3 is 0 Å². The van der Waals surface area contributed by atoms with Crippen LogP contribution >= 0.6 is 22.9 Å². The average molecular weight is 376 g/mol. The van der Waals surface area contributed by atoms with Crippen LogP contribution in [0.3, 0.4) is 0 Å². The molecule has 0 aliphatic carbocycles. The summed E-state index contributed by atoms with van der Waals surface area (Å²) in [6.07, 6.45) is 0. The first-order chi connectivity index (χ1) is 12.1. The molecule has 130 valence electrons. The van der Waals surface area contributed by atoms with E-state index in [1.165, 1.54) is 11.3 Å². The summed E-state index contributed by atoms with van der Waals surface area (Å²) >= 11 is 7.52. The molecule has 0 saturated carbocycles. The maximum Gasteiger partial charge on any atom is 0.274 e. The molecular formula is C17H18ClN5OS. The molecule has 0 unspecified atom stereocenters. The summed E-state index contributed by atoms with van der Waals surface area (Å²) in [7, 11) is 2.12. The van der Waals surface area contributed by atoms with E-state index in [4.69, 9.17) is 11.6 Å². The summed E-state index contributed by atoms with van der Waals surface area (Å²) in [4.78, 5) is 17.2. The van der Waals surface area contributed by atoms with Gasteiger partial charge in [0, 0.05) is 36.9 Å². The maximum absolute atomic E-state index is 12.6. The first kappa shape index (κ1) is 16.4. The Morgan fingerprint density at radius 2 is 1.92 bits per heavy atom. The van der Waals surface area contributed by atoms with E-state index in [9.17, 15) is 4.79 Å². The van der Waals surface area contributed by atoms with Gasteiger partial charge < -0.3 is 15.1 Å². The zero-order chi connectivity index (χ0) is 17.4. The Morgan fingerprint density at radius 1 is 1.16 bits per heavy atom. The van der Waals surface area contributed by atoms with Gasteiger partial charge in [0.2, 0.25) is 0 Å². The second-order valence-corrected chi connectivity index (χ2v) is 7.28. The van der Waals surface area contributed by atoms with Crippen molar-refractivity contribution in [2.24, 2.45) is 0 Å². The van der Waals surface area contributed by atoms with Crippen molar-refractivity contribution in [2.75, 3.05) is 43.4 Å². The Hall–Kier alpha value is -2.09. The van der Waals surface area contributed by atoms with E-state index in [1.807, 2.05) is 23.6 Å². The summed E-state index contributed by atoms with van der Waals surface area (Å²) in [5.41, 5.74) is 2.01. The van der Waals surface area contributed by atoms with Gasteiger partial charge in [-0.1, -0.05) is 11.6 Å². The molecule has 6 nitrogen and oxygen atoms in total. The minimum Gasteiger partial charge on any atom is -0.353 e. The first-order valence-corrected chi connectivity index (χ1v) is 9.39. The molecule has 4 heterocycles. The highest BCUT2D eigenvalue weighted by atomic mass is 35.5. The summed E-state index contributed by atoms with van der Waals surface area (Å²) < 4.78 is 1.70. The van der Waals surface area contributed by atoms with E-state index in [2.05, 4.69) is 27.3 Å². The summed E-state index contributed by atoms with van der Waals surface area (Å²) in [5.74, 6) is 0.669. The van der Waals surface area contributed by atoms with E-state index in [0.717, 1.165) is 37.5 Å². The van der Waals surface area contributed by atoms with Gasteiger partial charge in [0.1, 0.15) is 11.5 Å². The Kier molecular flexibility index (Phi) is 4.37. The van der Waals surface area contributed by atoms with Gasteiger partial charge in [-0.2, -0.15) is 0 Å². The number of likely N-dealkylation sites (N-methyl/N-ethyl adjacent to an activating group) is 1. The van der Waals surface area contributed by atoms with Crippen molar-refractivity contribution < 1.29 is 4.79 Å². The van der Waals surface area contributed by atoms with Crippen molar-refractivity contribution in [3.8, 4) is 0 Å². The molecule has 0 radical (unpaired) electrons. The fourth-order valence-electron chi connectivity index (χ4n) is 2.91. The third kappa shape index (κ3) is 3.22. The number of amides is 1. The van der Waals surface area contributed by atoms with E-state index in [0.29, 0.717) is 16.4 Å². The highest BCUT2D eigenvalue weighted by Crippen LogP contribution is 2.26. The minimum absolute atomic E-state index is 0.219. The van der Waals surface area contributed by atoms with Gasteiger partial charge in [0.05, 0.1) is 16.2 Å². The summed E-state index contributed by atoms with van der Waals surface area (Å²) in [5, 5.41) is 11.7. The van der Waals surface area contributed by atoms with Crippen LogP contribution in [0.5, 0.6) is 0 Å². The zero-order valence-electron chi connectivity index (χ0n) is 13.8. The topological polar surface area (TPSA) is 52.9 Å². The van der Waals surface area contributed by atoms with Crippen LogP contribution < -0.4 is 10.2 Å². The molecule has 8 heteroatoms. The zero-order valence-corrected chi connectivity index (χ0v) is 15.3. The van der Waals surface area contributed by atoms with Crippen molar-refractivity contribution in [1.29, 1.82) is 0 Å². The molecule has 1 amide bonds. The average Bonchev–Trinajstić information content (AvgIpc) is 3.21. The van der Waals surface area contributed by atoms with Crippen LogP contribution in [0.1, 0.15) is 10.5 Å². The van der Waals surface area contributed by atoms with Crippen molar-refractivity contribution >= 4 is 45.9 Å². The van der Waals surface area contributed by atoms with Gasteiger partial charge in [0.15, 0.2) is 0 Å². The van der Waals surface area contributed by atoms with Gasteiger partial charge in [-0.25, -0.2) is 4.52 Å². The number of fused-ring (bicyclic) bond motifs is 1. The molecule has 1 aliphatic heterocycles. The van der Waals surface area contributed by atoms with Crippen LogP contribution in [0.2, 0.25) is 5.02 Å². The van der Waals surface area contributed by atoms with Gasteiger partial charge in [0.25, 0.3) is 5.91 Å².